The van der Waals surface area contributed by atoms with E-state index in [1.807, 2.05) is 29.8 Å². The molecule has 3 rings (SSSR count). The number of nitrogens with zero attached hydrogens (tertiary/aromatic N) is 3. The maximum Gasteiger partial charge on any atom is 0.234 e. The van der Waals surface area contributed by atoms with Crippen LogP contribution in [0.3, 0.4) is 0 Å². The Balaban J connectivity index is 0.00000196. The second-order valence-corrected chi connectivity index (χ2v) is 7.09. The highest BCUT2D eigenvalue weighted by molar-refractivity contribution is 5.85. The maximum absolute atomic E-state index is 12.4. The number of amides is 1. The Labute approximate surface area is 179 Å². The first-order valence-electron chi connectivity index (χ1n) is 9.33. The number of piperazine rings is 1. The van der Waals surface area contributed by atoms with E-state index in [0.29, 0.717) is 19.1 Å². The molecule has 2 heterocycles. The van der Waals surface area contributed by atoms with E-state index in [0.717, 1.165) is 43.1 Å². The van der Waals surface area contributed by atoms with Crippen LogP contribution in [0.25, 0.3) is 0 Å². The summed E-state index contributed by atoms with van der Waals surface area (Å²) in [7, 11) is 0. The average Bonchev–Trinajstić information content (AvgIpc) is 2.89. The number of rotatable bonds is 6. The quantitative estimate of drug-likeness (QED) is 0.742. The lowest BCUT2D eigenvalue weighted by atomic mass is 10.2. The summed E-state index contributed by atoms with van der Waals surface area (Å²) in [6.45, 7) is 10.8. The summed E-state index contributed by atoms with van der Waals surface area (Å²) in [6.07, 6.45) is 0. The summed E-state index contributed by atoms with van der Waals surface area (Å²) >= 11 is 0. The van der Waals surface area contributed by atoms with E-state index in [1.165, 1.54) is 5.56 Å². The Morgan fingerprint density at radius 1 is 1.25 bits per heavy atom. The number of aryl methyl sites for hydroxylation is 1. The first-order valence-corrected chi connectivity index (χ1v) is 9.33. The smallest absolute Gasteiger partial charge is 0.234 e. The summed E-state index contributed by atoms with van der Waals surface area (Å²) < 4.78 is 2.02. The van der Waals surface area contributed by atoms with Gasteiger partial charge in [0.15, 0.2) is 0 Å². The van der Waals surface area contributed by atoms with Crippen molar-refractivity contribution in [3.63, 3.8) is 0 Å². The molecule has 2 N–H and O–H groups in total. The van der Waals surface area contributed by atoms with Gasteiger partial charge in [0.25, 0.3) is 0 Å². The minimum Gasteiger partial charge on any atom is -0.351 e. The van der Waals surface area contributed by atoms with Gasteiger partial charge in [0.2, 0.25) is 5.91 Å². The van der Waals surface area contributed by atoms with E-state index < -0.39 is 0 Å². The molecule has 0 aliphatic carbocycles. The molecular weight excluding hydrogens is 397 g/mol. The normalized spacial score (nSPS) is 16.8. The van der Waals surface area contributed by atoms with E-state index >= 15 is 0 Å². The Hall–Kier alpha value is -1.60. The minimum atomic E-state index is 0. The van der Waals surface area contributed by atoms with Gasteiger partial charge < -0.3 is 10.6 Å². The molecule has 1 aliphatic rings. The molecule has 6 nitrogen and oxygen atoms in total. The van der Waals surface area contributed by atoms with Gasteiger partial charge in [0.05, 0.1) is 18.8 Å². The third kappa shape index (κ3) is 6.21. The highest BCUT2D eigenvalue weighted by Gasteiger charge is 2.20. The van der Waals surface area contributed by atoms with E-state index in [2.05, 4.69) is 46.6 Å². The summed E-state index contributed by atoms with van der Waals surface area (Å²) in [5, 5.41) is 11.1. The van der Waals surface area contributed by atoms with Gasteiger partial charge in [-0.15, -0.1) is 24.8 Å². The highest BCUT2D eigenvalue weighted by Crippen LogP contribution is 2.14. The Kier molecular flexibility index (Phi) is 9.96. The lowest BCUT2D eigenvalue weighted by Gasteiger charge is -2.33. The molecule has 0 saturated carbocycles. The van der Waals surface area contributed by atoms with Gasteiger partial charge in [-0.2, -0.15) is 5.10 Å². The molecule has 8 heteroatoms. The van der Waals surface area contributed by atoms with Crippen molar-refractivity contribution < 1.29 is 4.79 Å². The number of carbonyl (C=O) groups is 1. The van der Waals surface area contributed by atoms with Gasteiger partial charge in [0, 0.05) is 43.5 Å². The van der Waals surface area contributed by atoms with E-state index in [9.17, 15) is 4.79 Å². The zero-order valence-corrected chi connectivity index (χ0v) is 18.4. The van der Waals surface area contributed by atoms with Crippen LogP contribution >= 0.6 is 24.8 Å². The molecule has 0 radical (unpaired) electrons. The van der Waals surface area contributed by atoms with E-state index in [4.69, 9.17) is 0 Å². The monoisotopic (exact) mass is 427 g/mol. The summed E-state index contributed by atoms with van der Waals surface area (Å²) in [5.41, 5.74) is 4.43. The topological polar surface area (TPSA) is 62.2 Å². The molecule has 1 saturated heterocycles. The fourth-order valence-corrected chi connectivity index (χ4v) is 3.45. The van der Waals surface area contributed by atoms with Crippen molar-refractivity contribution in [1.82, 2.24) is 25.3 Å². The van der Waals surface area contributed by atoms with Gasteiger partial charge in [0.1, 0.15) is 0 Å². The third-order valence-corrected chi connectivity index (χ3v) is 5.15. The maximum atomic E-state index is 12.4. The zero-order chi connectivity index (χ0) is 18.5. The molecule has 0 bridgehead atoms. The van der Waals surface area contributed by atoms with Crippen molar-refractivity contribution in [1.29, 1.82) is 0 Å². The number of aromatic nitrogens is 2. The lowest BCUT2D eigenvalue weighted by molar-refractivity contribution is -0.123. The Bertz CT molecular complexity index is 751. The molecule has 0 spiro atoms. The van der Waals surface area contributed by atoms with Crippen molar-refractivity contribution >= 4 is 30.7 Å². The van der Waals surface area contributed by atoms with Crippen LogP contribution in [0.5, 0.6) is 0 Å². The van der Waals surface area contributed by atoms with Gasteiger partial charge in [-0.25, -0.2) is 0 Å². The molecule has 156 valence electrons. The Morgan fingerprint density at radius 3 is 2.64 bits per heavy atom. The molecule has 28 heavy (non-hydrogen) atoms. The molecule has 1 fully saturated rings. The molecule has 1 aromatic carbocycles. The zero-order valence-electron chi connectivity index (χ0n) is 16.8. The molecular formula is C20H31Cl2N5O. The molecule has 2 aromatic rings. The standard InChI is InChI=1S/C20H29N5O.2ClH/c1-15-11-21-9-10-24(15)14-20(26)22-12-19-16(2)23-25(17(19)3)13-18-7-5-4-6-8-18;;/h4-8,15,21H,9-14H2,1-3H3,(H,22,26);2*1H/t15-;;/m1../s1. The summed E-state index contributed by atoms with van der Waals surface area (Å²) in [4.78, 5) is 14.6. The SMILES string of the molecule is Cc1nn(Cc2ccccc2)c(C)c1CNC(=O)CN1CCNC[C@H]1C.Cl.Cl. The number of nitrogens with one attached hydrogen (secondary N) is 2. The van der Waals surface area contributed by atoms with Crippen molar-refractivity contribution in [3.05, 3.63) is 52.8 Å². The van der Waals surface area contributed by atoms with Gasteiger partial charge in [-0.3, -0.25) is 14.4 Å². The van der Waals surface area contributed by atoms with E-state index in [-0.39, 0.29) is 30.7 Å². The van der Waals surface area contributed by atoms with Crippen molar-refractivity contribution in [2.75, 3.05) is 26.2 Å². The van der Waals surface area contributed by atoms with Crippen LogP contribution in [0.15, 0.2) is 30.3 Å². The largest absolute Gasteiger partial charge is 0.351 e. The number of benzene rings is 1. The molecule has 1 amide bonds. The van der Waals surface area contributed by atoms with Gasteiger partial charge in [-0.1, -0.05) is 30.3 Å². The Morgan fingerprint density at radius 2 is 1.96 bits per heavy atom. The molecule has 1 aromatic heterocycles. The number of hydrogen-bond donors (Lipinski definition) is 2. The second-order valence-electron chi connectivity index (χ2n) is 7.09. The molecule has 1 aliphatic heterocycles. The van der Waals surface area contributed by atoms with Crippen LogP contribution in [-0.2, 0) is 17.9 Å². The fraction of sp³-hybridized carbons (Fsp3) is 0.500. The van der Waals surface area contributed by atoms with Crippen molar-refractivity contribution in [2.24, 2.45) is 0 Å². The summed E-state index contributed by atoms with van der Waals surface area (Å²) in [5.74, 6) is 0.0772. The predicted octanol–water partition coefficient (Wildman–Crippen LogP) is 2.30. The number of hydrogen-bond acceptors (Lipinski definition) is 4. The van der Waals surface area contributed by atoms with Gasteiger partial charge in [-0.05, 0) is 26.3 Å². The van der Waals surface area contributed by atoms with Crippen LogP contribution in [0.1, 0.15) is 29.4 Å². The first-order chi connectivity index (χ1) is 12.5. The summed E-state index contributed by atoms with van der Waals surface area (Å²) in [6, 6.07) is 10.7. The highest BCUT2D eigenvalue weighted by atomic mass is 35.5. The van der Waals surface area contributed by atoms with E-state index in [1.54, 1.807) is 0 Å². The number of halogens is 2. The van der Waals surface area contributed by atoms with Crippen LogP contribution < -0.4 is 10.6 Å². The van der Waals surface area contributed by atoms with Gasteiger partial charge >= 0.3 is 0 Å². The van der Waals surface area contributed by atoms with Crippen LogP contribution in [0, 0.1) is 13.8 Å². The van der Waals surface area contributed by atoms with Crippen molar-refractivity contribution in [2.45, 2.75) is 39.9 Å². The minimum absolute atomic E-state index is 0. The lowest BCUT2D eigenvalue weighted by Crippen LogP contribution is -2.52. The third-order valence-electron chi connectivity index (χ3n) is 5.15. The van der Waals surface area contributed by atoms with Crippen LogP contribution in [-0.4, -0.2) is 52.8 Å². The first kappa shape index (κ1) is 24.4. The molecule has 1 atom stereocenters. The average molecular weight is 428 g/mol. The fourth-order valence-electron chi connectivity index (χ4n) is 3.45. The predicted molar refractivity (Wildman–Crippen MR) is 117 cm³/mol. The van der Waals surface area contributed by atoms with Crippen LogP contribution in [0.2, 0.25) is 0 Å². The second kappa shape index (κ2) is 11.4. The molecule has 0 unspecified atom stereocenters. The van der Waals surface area contributed by atoms with Crippen molar-refractivity contribution in [3.8, 4) is 0 Å². The number of carbonyl (C=O) groups excluding carboxylic acids is 1. The van der Waals surface area contributed by atoms with Crippen LogP contribution in [0.4, 0.5) is 0 Å².